The molecule has 2 N–H and O–H groups in total. The molecule has 0 radical (unpaired) electrons. The summed E-state index contributed by atoms with van der Waals surface area (Å²) >= 11 is 1.60. The molecule has 188 valence electrons. The van der Waals surface area contributed by atoms with Gasteiger partial charge in [0.2, 0.25) is 10.0 Å². The summed E-state index contributed by atoms with van der Waals surface area (Å²) in [6.45, 7) is 11.0. The van der Waals surface area contributed by atoms with Gasteiger partial charge in [-0.1, -0.05) is 23.8 Å². The SMILES string of the molecule is Cc1cc(C)c(S(=O)(=O)N(CCCN2CCOCC2)Cc2cccs2)c(C)c1.O=C(O)C(=O)O. The average Bonchev–Trinajstić information content (AvgIpc) is 3.26. The number of aliphatic carboxylic acids is 2. The van der Waals surface area contributed by atoms with Gasteiger partial charge in [-0.05, 0) is 56.3 Å². The fourth-order valence-electron chi connectivity index (χ4n) is 3.86. The van der Waals surface area contributed by atoms with Gasteiger partial charge in [0.15, 0.2) is 0 Å². The molecule has 9 nitrogen and oxygen atoms in total. The van der Waals surface area contributed by atoms with Gasteiger partial charge in [0.05, 0.1) is 18.1 Å². The molecule has 1 aromatic heterocycles. The second-order valence-electron chi connectivity index (χ2n) is 8.06. The number of aryl methyl sites for hydroxylation is 3. The molecule has 34 heavy (non-hydrogen) atoms. The predicted octanol–water partition coefficient (Wildman–Crippen LogP) is 2.74. The molecular formula is C23H32N2O7S2. The highest BCUT2D eigenvalue weighted by atomic mass is 32.2. The molecular weight excluding hydrogens is 480 g/mol. The monoisotopic (exact) mass is 512 g/mol. The van der Waals surface area contributed by atoms with Crippen LogP contribution >= 0.6 is 11.3 Å². The molecule has 0 spiro atoms. The number of nitrogens with zero attached hydrogens (tertiary/aromatic N) is 2. The largest absolute Gasteiger partial charge is 0.473 e. The maximum atomic E-state index is 13.6. The summed E-state index contributed by atoms with van der Waals surface area (Å²) in [6, 6.07) is 7.89. The van der Waals surface area contributed by atoms with Gasteiger partial charge >= 0.3 is 11.9 Å². The second-order valence-corrected chi connectivity index (χ2v) is 11.0. The second kappa shape index (κ2) is 13.0. The third-order valence-corrected chi connectivity index (χ3v) is 8.30. The zero-order valence-electron chi connectivity index (χ0n) is 19.7. The fourth-order valence-corrected chi connectivity index (χ4v) is 6.53. The van der Waals surface area contributed by atoms with Crippen molar-refractivity contribution in [3.8, 4) is 0 Å². The van der Waals surface area contributed by atoms with E-state index in [0.717, 1.165) is 60.8 Å². The third-order valence-electron chi connectivity index (χ3n) is 5.28. The molecule has 0 aliphatic carbocycles. The highest BCUT2D eigenvalue weighted by Gasteiger charge is 2.28. The first kappa shape index (κ1) is 27.9. The molecule has 2 heterocycles. The first-order valence-corrected chi connectivity index (χ1v) is 13.2. The smallest absolute Gasteiger partial charge is 0.414 e. The van der Waals surface area contributed by atoms with E-state index >= 15 is 0 Å². The minimum atomic E-state index is -3.56. The van der Waals surface area contributed by atoms with E-state index < -0.39 is 22.0 Å². The Morgan fingerprint density at radius 1 is 1.09 bits per heavy atom. The van der Waals surface area contributed by atoms with Crippen LogP contribution in [0, 0.1) is 20.8 Å². The van der Waals surface area contributed by atoms with Crippen LogP contribution in [0.1, 0.15) is 28.0 Å². The van der Waals surface area contributed by atoms with Gasteiger partial charge in [0, 0.05) is 31.1 Å². The standard InChI is InChI=1S/C21H30N2O3S2.C2H2O4/c1-17-14-18(2)21(19(3)15-17)28(24,25)23(16-20-6-4-13-27-20)8-5-7-22-9-11-26-12-10-22;3-1(4)2(5)6/h4,6,13-15H,5,7-12,16H2,1-3H3;(H,3,4)(H,5,6). The van der Waals surface area contributed by atoms with E-state index in [1.165, 1.54) is 0 Å². The summed E-state index contributed by atoms with van der Waals surface area (Å²) in [5.74, 6) is -3.65. The number of ether oxygens (including phenoxy) is 1. The average molecular weight is 513 g/mol. The predicted molar refractivity (Wildman–Crippen MR) is 130 cm³/mol. The number of sulfonamides is 1. The van der Waals surface area contributed by atoms with E-state index in [1.54, 1.807) is 15.6 Å². The van der Waals surface area contributed by atoms with Crippen LogP contribution in [0.5, 0.6) is 0 Å². The van der Waals surface area contributed by atoms with E-state index in [4.69, 9.17) is 24.5 Å². The topological polar surface area (TPSA) is 124 Å². The molecule has 0 unspecified atom stereocenters. The molecule has 0 atom stereocenters. The molecule has 3 rings (SSSR count). The molecule has 1 aliphatic heterocycles. The van der Waals surface area contributed by atoms with Crippen molar-refractivity contribution in [2.75, 3.05) is 39.4 Å². The maximum absolute atomic E-state index is 13.6. The van der Waals surface area contributed by atoms with Crippen molar-refractivity contribution in [1.82, 2.24) is 9.21 Å². The zero-order valence-corrected chi connectivity index (χ0v) is 21.3. The number of carboxylic acid groups (broad SMARTS) is 2. The lowest BCUT2D eigenvalue weighted by Gasteiger charge is -2.28. The summed E-state index contributed by atoms with van der Waals surface area (Å²) in [5.41, 5.74) is 2.73. The van der Waals surface area contributed by atoms with Gasteiger partial charge in [-0.15, -0.1) is 11.3 Å². The van der Waals surface area contributed by atoms with Crippen molar-refractivity contribution in [2.45, 2.75) is 38.6 Å². The Morgan fingerprint density at radius 2 is 1.68 bits per heavy atom. The van der Waals surface area contributed by atoms with Crippen LogP contribution in [0.15, 0.2) is 34.5 Å². The Morgan fingerprint density at radius 3 is 2.18 bits per heavy atom. The normalized spacial score (nSPS) is 14.5. The molecule has 1 aromatic carbocycles. The van der Waals surface area contributed by atoms with E-state index in [0.29, 0.717) is 18.0 Å². The van der Waals surface area contributed by atoms with Crippen molar-refractivity contribution < 1.29 is 33.0 Å². The molecule has 2 aromatic rings. The Balaban J connectivity index is 0.000000604. The minimum Gasteiger partial charge on any atom is -0.473 e. The highest BCUT2D eigenvalue weighted by Crippen LogP contribution is 2.27. The van der Waals surface area contributed by atoms with Gasteiger partial charge in [0.1, 0.15) is 0 Å². The van der Waals surface area contributed by atoms with Gasteiger partial charge in [-0.25, -0.2) is 18.0 Å². The lowest BCUT2D eigenvalue weighted by molar-refractivity contribution is -0.159. The first-order chi connectivity index (χ1) is 16.0. The number of thiophene rings is 1. The Kier molecular flexibility index (Phi) is 10.6. The Bertz CT molecular complexity index is 1030. The van der Waals surface area contributed by atoms with E-state index in [1.807, 2.05) is 50.4 Å². The van der Waals surface area contributed by atoms with Crippen LogP contribution in [-0.2, 0) is 30.9 Å². The number of hydrogen-bond acceptors (Lipinski definition) is 7. The molecule has 11 heteroatoms. The minimum absolute atomic E-state index is 0.426. The van der Waals surface area contributed by atoms with E-state index in [2.05, 4.69) is 4.90 Å². The first-order valence-electron chi connectivity index (χ1n) is 10.9. The summed E-state index contributed by atoms with van der Waals surface area (Å²) in [5, 5.41) is 16.8. The number of carbonyl (C=O) groups is 2. The lowest BCUT2D eigenvalue weighted by atomic mass is 10.1. The van der Waals surface area contributed by atoms with Crippen molar-refractivity contribution in [1.29, 1.82) is 0 Å². The fraction of sp³-hybridized carbons (Fsp3) is 0.478. The Labute approximate surface area is 204 Å². The van der Waals surface area contributed by atoms with Crippen molar-refractivity contribution in [3.05, 3.63) is 51.2 Å². The number of morpholine rings is 1. The number of rotatable bonds is 8. The maximum Gasteiger partial charge on any atom is 0.414 e. The van der Waals surface area contributed by atoms with Crippen LogP contribution in [0.2, 0.25) is 0 Å². The number of hydrogen-bond donors (Lipinski definition) is 2. The zero-order chi connectivity index (χ0) is 25.3. The van der Waals surface area contributed by atoms with Crippen LogP contribution in [0.4, 0.5) is 0 Å². The van der Waals surface area contributed by atoms with Crippen molar-refractivity contribution in [2.24, 2.45) is 0 Å². The summed E-state index contributed by atoms with van der Waals surface area (Å²) in [7, 11) is -3.56. The number of benzene rings is 1. The molecule has 0 saturated carbocycles. The Hall–Kier alpha value is -2.31. The molecule has 1 saturated heterocycles. The molecule has 1 aliphatic rings. The van der Waals surface area contributed by atoms with Crippen molar-refractivity contribution in [3.63, 3.8) is 0 Å². The van der Waals surface area contributed by atoms with Crippen molar-refractivity contribution >= 4 is 33.3 Å². The molecule has 1 fully saturated rings. The van der Waals surface area contributed by atoms with Gasteiger partial charge < -0.3 is 14.9 Å². The van der Waals surface area contributed by atoms with Gasteiger partial charge in [-0.2, -0.15) is 4.31 Å². The quantitative estimate of drug-likeness (QED) is 0.518. The van der Waals surface area contributed by atoms with E-state index in [9.17, 15) is 8.42 Å². The van der Waals surface area contributed by atoms with Crippen LogP contribution in [0.25, 0.3) is 0 Å². The third kappa shape index (κ3) is 8.17. The lowest BCUT2D eigenvalue weighted by Crippen LogP contribution is -2.39. The summed E-state index contributed by atoms with van der Waals surface area (Å²) in [4.78, 5) is 22.1. The van der Waals surface area contributed by atoms with Crippen LogP contribution in [-0.4, -0.2) is 79.2 Å². The summed E-state index contributed by atoms with van der Waals surface area (Å²) < 4.78 is 34.2. The highest BCUT2D eigenvalue weighted by molar-refractivity contribution is 7.89. The van der Waals surface area contributed by atoms with E-state index in [-0.39, 0.29) is 0 Å². The van der Waals surface area contributed by atoms with Crippen LogP contribution in [0.3, 0.4) is 0 Å². The van der Waals surface area contributed by atoms with Crippen LogP contribution < -0.4 is 0 Å². The molecule has 0 amide bonds. The number of carboxylic acids is 2. The van der Waals surface area contributed by atoms with Gasteiger partial charge in [0.25, 0.3) is 0 Å². The van der Waals surface area contributed by atoms with Gasteiger partial charge in [-0.3, -0.25) is 4.90 Å². The summed E-state index contributed by atoms with van der Waals surface area (Å²) in [6.07, 6.45) is 0.814. The molecule has 0 bridgehead atoms.